The number of carbonyl (C=O) groups is 1. The molecule has 3 atom stereocenters. The minimum atomic E-state index is -0.602. The lowest BCUT2D eigenvalue weighted by Gasteiger charge is -2.39. The zero-order chi connectivity index (χ0) is 23.2. The fraction of sp³-hybridized carbons (Fsp3) is 0.808. The quantitative estimate of drug-likeness (QED) is 0.605. The minimum Gasteiger partial charge on any atom is -0.480 e. The van der Waals surface area contributed by atoms with Crippen LogP contribution in [0.2, 0.25) is 0 Å². The molecule has 3 heterocycles. The number of hydrogen-bond donors (Lipinski definition) is 1. The van der Waals surface area contributed by atoms with E-state index in [0.717, 1.165) is 77.3 Å². The number of anilines is 1. The second kappa shape index (κ2) is 11.6. The maximum atomic E-state index is 12.2. The summed E-state index contributed by atoms with van der Waals surface area (Å²) in [4.78, 5) is 28.5. The van der Waals surface area contributed by atoms with Crippen LogP contribution >= 0.6 is 0 Å². The van der Waals surface area contributed by atoms with Crippen molar-refractivity contribution in [2.24, 2.45) is 17.8 Å². The van der Waals surface area contributed by atoms with Crippen LogP contribution in [0, 0.1) is 17.8 Å². The monoisotopic (exact) mass is 457 g/mol. The van der Waals surface area contributed by atoms with Gasteiger partial charge in [-0.15, -0.1) is 0 Å². The maximum absolute atomic E-state index is 12.2. The van der Waals surface area contributed by atoms with Crippen LogP contribution in [0.3, 0.4) is 0 Å². The van der Waals surface area contributed by atoms with Gasteiger partial charge in [-0.1, -0.05) is 33.1 Å². The molecular weight excluding hydrogens is 414 g/mol. The Labute approximate surface area is 199 Å². The first kappa shape index (κ1) is 24.4. The van der Waals surface area contributed by atoms with E-state index in [9.17, 15) is 9.90 Å². The molecule has 2 saturated heterocycles. The topological polar surface area (TPSA) is 72.8 Å². The maximum Gasteiger partial charge on any atom is 0.321 e. The third-order valence-electron chi connectivity index (χ3n) is 8.30. The van der Waals surface area contributed by atoms with E-state index in [1.54, 1.807) is 0 Å². The van der Waals surface area contributed by atoms with Crippen molar-refractivity contribution in [1.29, 1.82) is 0 Å². The van der Waals surface area contributed by atoms with Crippen LogP contribution in [0.1, 0.15) is 65.2 Å². The predicted octanol–water partition coefficient (Wildman–Crippen LogP) is 3.76. The summed E-state index contributed by atoms with van der Waals surface area (Å²) >= 11 is 0. The lowest BCUT2D eigenvalue weighted by Crippen LogP contribution is -2.48. The molecule has 3 unspecified atom stereocenters. The van der Waals surface area contributed by atoms with Crippen LogP contribution in [0.15, 0.2) is 18.5 Å². The Bertz CT molecular complexity index is 733. The van der Waals surface area contributed by atoms with Crippen molar-refractivity contribution in [1.82, 2.24) is 19.8 Å². The number of carboxylic acid groups (broad SMARTS) is 1. The Morgan fingerprint density at radius 1 is 1.12 bits per heavy atom. The molecule has 1 saturated carbocycles. The Morgan fingerprint density at radius 2 is 1.82 bits per heavy atom. The van der Waals surface area contributed by atoms with E-state index in [1.165, 1.54) is 19.3 Å². The third-order valence-corrected chi connectivity index (χ3v) is 8.30. The molecule has 184 valence electrons. The molecule has 3 aliphatic rings. The van der Waals surface area contributed by atoms with E-state index in [4.69, 9.17) is 0 Å². The van der Waals surface area contributed by atoms with Gasteiger partial charge in [-0.2, -0.15) is 0 Å². The highest BCUT2D eigenvalue weighted by Gasteiger charge is 2.41. The van der Waals surface area contributed by atoms with Gasteiger partial charge in [0.25, 0.3) is 0 Å². The molecule has 4 rings (SSSR count). The molecule has 7 heteroatoms. The average Bonchev–Trinajstić information content (AvgIpc) is 3.18. The highest BCUT2D eigenvalue weighted by molar-refractivity contribution is 5.74. The zero-order valence-electron chi connectivity index (χ0n) is 20.6. The molecule has 2 aliphatic heterocycles. The summed E-state index contributed by atoms with van der Waals surface area (Å²) < 4.78 is 0. The summed E-state index contributed by atoms with van der Waals surface area (Å²) in [5, 5.41) is 10.0. The first-order chi connectivity index (χ1) is 16.1. The van der Waals surface area contributed by atoms with Crippen molar-refractivity contribution in [2.75, 3.05) is 44.2 Å². The highest BCUT2D eigenvalue weighted by atomic mass is 16.4. The van der Waals surface area contributed by atoms with E-state index < -0.39 is 5.97 Å². The van der Waals surface area contributed by atoms with Crippen molar-refractivity contribution in [3.8, 4) is 0 Å². The van der Waals surface area contributed by atoms with Gasteiger partial charge in [-0.3, -0.25) is 9.69 Å². The molecule has 7 nitrogen and oxygen atoms in total. The van der Waals surface area contributed by atoms with Crippen molar-refractivity contribution < 1.29 is 9.90 Å². The Kier molecular flexibility index (Phi) is 8.58. The molecule has 33 heavy (non-hydrogen) atoms. The lowest BCUT2D eigenvalue weighted by molar-refractivity contribution is -0.145. The molecule has 3 fully saturated rings. The van der Waals surface area contributed by atoms with E-state index >= 15 is 0 Å². The van der Waals surface area contributed by atoms with Gasteiger partial charge in [0.2, 0.25) is 5.95 Å². The van der Waals surface area contributed by atoms with E-state index in [-0.39, 0.29) is 6.04 Å². The van der Waals surface area contributed by atoms with Crippen LogP contribution in [0.5, 0.6) is 0 Å². The predicted molar refractivity (Wildman–Crippen MR) is 131 cm³/mol. The van der Waals surface area contributed by atoms with Gasteiger partial charge in [0.1, 0.15) is 6.04 Å². The molecule has 1 aliphatic carbocycles. The van der Waals surface area contributed by atoms with Gasteiger partial charge in [0, 0.05) is 57.7 Å². The van der Waals surface area contributed by atoms with Crippen LogP contribution < -0.4 is 4.90 Å². The fourth-order valence-corrected chi connectivity index (χ4v) is 6.52. The number of aliphatic carboxylic acids is 1. The second-order valence-corrected chi connectivity index (χ2v) is 10.6. The summed E-state index contributed by atoms with van der Waals surface area (Å²) in [6.07, 6.45) is 12.9. The van der Waals surface area contributed by atoms with Crippen molar-refractivity contribution in [2.45, 2.75) is 77.3 Å². The smallest absolute Gasteiger partial charge is 0.321 e. The van der Waals surface area contributed by atoms with Gasteiger partial charge in [-0.05, 0) is 55.9 Å². The third kappa shape index (κ3) is 6.04. The highest BCUT2D eigenvalue weighted by Crippen LogP contribution is 2.34. The summed E-state index contributed by atoms with van der Waals surface area (Å²) in [7, 11) is 0. The van der Waals surface area contributed by atoms with Gasteiger partial charge in [-0.25, -0.2) is 9.97 Å². The molecule has 0 amide bonds. The van der Waals surface area contributed by atoms with E-state index in [0.29, 0.717) is 23.8 Å². The average molecular weight is 458 g/mol. The van der Waals surface area contributed by atoms with E-state index in [1.807, 2.05) is 18.5 Å². The number of hydrogen-bond acceptors (Lipinski definition) is 6. The first-order valence-corrected chi connectivity index (χ1v) is 13.3. The largest absolute Gasteiger partial charge is 0.480 e. The van der Waals surface area contributed by atoms with Crippen LogP contribution in [0.25, 0.3) is 0 Å². The molecule has 0 radical (unpaired) electrons. The SMILES string of the molecule is CCCN(c1ncccn1)C1CCN(CC2CN(C(C(=O)O)C3CCCCC3)CC2C)CC1. The second-order valence-electron chi connectivity index (χ2n) is 10.6. The van der Waals surface area contributed by atoms with Gasteiger partial charge in [0.15, 0.2) is 0 Å². The van der Waals surface area contributed by atoms with Crippen molar-refractivity contribution >= 4 is 11.9 Å². The normalized spacial score (nSPS) is 27.0. The summed E-state index contributed by atoms with van der Waals surface area (Å²) in [5.74, 6) is 1.72. The molecule has 0 aromatic carbocycles. The van der Waals surface area contributed by atoms with Crippen LogP contribution in [0.4, 0.5) is 5.95 Å². The number of aromatic nitrogens is 2. The zero-order valence-corrected chi connectivity index (χ0v) is 20.6. The van der Waals surface area contributed by atoms with Gasteiger partial charge < -0.3 is 14.9 Å². The van der Waals surface area contributed by atoms with Crippen molar-refractivity contribution in [3.63, 3.8) is 0 Å². The Hall–Kier alpha value is -1.73. The number of likely N-dealkylation sites (tertiary alicyclic amines) is 2. The molecular formula is C26H43N5O2. The van der Waals surface area contributed by atoms with Crippen LogP contribution in [-0.4, -0.2) is 82.2 Å². The molecule has 1 aromatic rings. The summed E-state index contributed by atoms with van der Waals surface area (Å²) in [6.45, 7) is 10.7. The number of carboxylic acids is 1. The summed E-state index contributed by atoms with van der Waals surface area (Å²) in [6, 6.07) is 2.10. The van der Waals surface area contributed by atoms with Gasteiger partial charge in [0.05, 0.1) is 0 Å². The Morgan fingerprint density at radius 3 is 2.45 bits per heavy atom. The summed E-state index contributed by atoms with van der Waals surface area (Å²) in [5.41, 5.74) is 0. The fourth-order valence-electron chi connectivity index (χ4n) is 6.52. The molecule has 1 N–H and O–H groups in total. The molecule has 1 aromatic heterocycles. The van der Waals surface area contributed by atoms with E-state index in [2.05, 4.69) is 38.5 Å². The number of rotatable bonds is 9. The first-order valence-electron chi connectivity index (χ1n) is 13.3. The Balaban J connectivity index is 1.30. The number of nitrogens with zero attached hydrogens (tertiary/aromatic N) is 5. The number of piperidine rings is 1. The van der Waals surface area contributed by atoms with Gasteiger partial charge >= 0.3 is 5.97 Å². The van der Waals surface area contributed by atoms with Crippen LogP contribution in [-0.2, 0) is 4.79 Å². The molecule has 0 spiro atoms. The standard InChI is InChI=1S/C26H43N5O2/c1-3-14-31(26-27-12-7-13-28-26)23-10-15-29(16-11-23)18-22-19-30(17-20(22)2)24(25(32)33)21-8-5-4-6-9-21/h7,12-13,20-24H,3-6,8-11,14-19H2,1-2H3,(H,32,33). The minimum absolute atomic E-state index is 0.281. The lowest BCUT2D eigenvalue weighted by atomic mass is 9.83. The van der Waals surface area contributed by atoms with Crippen molar-refractivity contribution in [3.05, 3.63) is 18.5 Å². The molecule has 0 bridgehead atoms.